The lowest BCUT2D eigenvalue weighted by molar-refractivity contribution is -0.0498. The van der Waals surface area contributed by atoms with Crippen molar-refractivity contribution in [2.45, 2.75) is 20.5 Å². The van der Waals surface area contributed by atoms with Gasteiger partial charge in [0.05, 0.1) is 12.4 Å². The van der Waals surface area contributed by atoms with Crippen LogP contribution in [0.5, 0.6) is 11.5 Å². The minimum Gasteiger partial charge on any atom is -0.482 e. The summed E-state index contributed by atoms with van der Waals surface area (Å²) < 4.78 is 37.9. The molecule has 0 aliphatic heterocycles. The third kappa shape index (κ3) is 4.16. The van der Waals surface area contributed by atoms with E-state index in [2.05, 4.69) is 9.84 Å². The summed E-state index contributed by atoms with van der Waals surface area (Å²) >= 11 is 0. The Morgan fingerprint density at radius 3 is 2.48 bits per heavy atom. The number of carbonyl (C=O) groups is 1. The fourth-order valence-corrected chi connectivity index (χ4v) is 2.92. The van der Waals surface area contributed by atoms with Crippen molar-refractivity contribution in [3.63, 3.8) is 0 Å². The van der Waals surface area contributed by atoms with Crippen molar-refractivity contribution in [1.82, 2.24) is 14.3 Å². The average molecular weight is 375 g/mol. The van der Waals surface area contributed by atoms with E-state index >= 15 is 0 Å². The van der Waals surface area contributed by atoms with E-state index in [1.54, 1.807) is 42.3 Å². The summed E-state index contributed by atoms with van der Waals surface area (Å²) in [6.07, 6.45) is 3.22. The molecule has 0 aliphatic rings. The number of nitrogens with zero attached hydrogens (tertiary/aromatic N) is 3. The number of rotatable bonds is 7. The number of ether oxygens (including phenoxy) is 2. The highest BCUT2D eigenvalue weighted by Crippen LogP contribution is 2.24. The number of Topliss-reactive ketones (excluding diaryl/α,β-unsaturated/α-hetero) is 1. The molecule has 6 nitrogen and oxygen atoms in total. The van der Waals surface area contributed by atoms with Gasteiger partial charge < -0.3 is 14.0 Å². The van der Waals surface area contributed by atoms with E-state index < -0.39 is 6.61 Å². The predicted octanol–water partition coefficient (Wildman–Crippen LogP) is 3.69. The highest BCUT2D eigenvalue weighted by molar-refractivity contribution is 5.98. The number of carbonyl (C=O) groups excluding carboxylic acids is 1. The van der Waals surface area contributed by atoms with Gasteiger partial charge in [-0.05, 0) is 44.2 Å². The molecule has 2 heterocycles. The highest BCUT2D eigenvalue weighted by atomic mass is 19.3. The second kappa shape index (κ2) is 7.61. The van der Waals surface area contributed by atoms with Gasteiger partial charge in [0.1, 0.15) is 5.75 Å². The van der Waals surface area contributed by atoms with Gasteiger partial charge in [-0.15, -0.1) is 0 Å². The number of hydrogen-bond donors (Lipinski definition) is 0. The summed E-state index contributed by atoms with van der Waals surface area (Å²) in [4.78, 5) is 12.5. The summed E-state index contributed by atoms with van der Waals surface area (Å²) in [6, 6.07) is 8.05. The zero-order valence-electron chi connectivity index (χ0n) is 15.1. The first-order valence-corrected chi connectivity index (χ1v) is 8.24. The fraction of sp³-hybridized carbons (Fsp3) is 0.263. The van der Waals surface area contributed by atoms with Gasteiger partial charge in [0.25, 0.3) is 0 Å². The van der Waals surface area contributed by atoms with E-state index in [1.807, 2.05) is 18.4 Å². The fourth-order valence-electron chi connectivity index (χ4n) is 2.92. The van der Waals surface area contributed by atoms with Gasteiger partial charge in [0.15, 0.2) is 12.4 Å². The predicted molar refractivity (Wildman–Crippen MR) is 94.9 cm³/mol. The van der Waals surface area contributed by atoms with E-state index in [1.165, 1.54) is 12.1 Å². The van der Waals surface area contributed by atoms with Crippen LogP contribution in [-0.2, 0) is 7.05 Å². The first-order chi connectivity index (χ1) is 12.8. The lowest BCUT2D eigenvalue weighted by atomic mass is 10.1. The Hall–Kier alpha value is -3.16. The Morgan fingerprint density at radius 1 is 1.19 bits per heavy atom. The quantitative estimate of drug-likeness (QED) is 0.591. The van der Waals surface area contributed by atoms with Crippen molar-refractivity contribution in [2.75, 3.05) is 6.61 Å². The number of halogens is 2. The van der Waals surface area contributed by atoms with Crippen LogP contribution in [0.25, 0.3) is 5.69 Å². The van der Waals surface area contributed by atoms with Crippen molar-refractivity contribution in [2.24, 2.45) is 7.05 Å². The molecule has 8 heteroatoms. The number of ketones is 1. The van der Waals surface area contributed by atoms with Crippen LogP contribution in [0.4, 0.5) is 8.78 Å². The van der Waals surface area contributed by atoms with Gasteiger partial charge in [-0.1, -0.05) is 0 Å². The highest BCUT2D eigenvalue weighted by Gasteiger charge is 2.17. The van der Waals surface area contributed by atoms with E-state index in [0.717, 1.165) is 17.1 Å². The summed E-state index contributed by atoms with van der Waals surface area (Å²) in [5.74, 6) is 0.447. The van der Waals surface area contributed by atoms with Gasteiger partial charge in [0, 0.05) is 29.7 Å². The lowest BCUT2D eigenvalue weighted by Gasteiger charge is -2.11. The van der Waals surface area contributed by atoms with Crippen molar-refractivity contribution in [3.8, 4) is 17.2 Å². The van der Waals surface area contributed by atoms with E-state index in [9.17, 15) is 13.6 Å². The van der Waals surface area contributed by atoms with Crippen molar-refractivity contribution >= 4 is 5.78 Å². The van der Waals surface area contributed by atoms with Crippen LogP contribution in [0.3, 0.4) is 0 Å². The molecule has 0 saturated carbocycles. The van der Waals surface area contributed by atoms with E-state index in [-0.39, 0.29) is 18.1 Å². The minimum absolute atomic E-state index is 0.0809. The van der Waals surface area contributed by atoms with Gasteiger partial charge >= 0.3 is 6.61 Å². The Morgan fingerprint density at radius 2 is 1.89 bits per heavy atom. The minimum atomic E-state index is -2.87. The lowest BCUT2D eigenvalue weighted by Crippen LogP contribution is -2.12. The summed E-state index contributed by atoms with van der Waals surface area (Å²) in [5, 5.41) is 3.99. The van der Waals surface area contributed by atoms with Crippen LogP contribution in [0.2, 0.25) is 0 Å². The largest absolute Gasteiger partial charge is 0.482 e. The Kier molecular flexibility index (Phi) is 5.25. The molecule has 0 radical (unpaired) electrons. The first kappa shape index (κ1) is 18.6. The molecular weight excluding hydrogens is 356 g/mol. The van der Waals surface area contributed by atoms with Crippen LogP contribution in [0, 0.1) is 13.8 Å². The van der Waals surface area contributed by atoms with Crippen molar-refractivity contribution < 1.29 is 23.0 Å². The van der Waals surface area contributed by atoms with Gasteiger partial charge in [-0.2, -0.15) is 13.9 Å². The first-order valence-electron chi connectivity index (χ1n) is 8.24. The Balaban J connectivity index is 1.78. The molecule has 0 fully saturated rings. The van der Waals surface area contributed by atoms with E-state index in [4.69, 9.17) is 4.74 Å². The number of aromatic nitrogens is 3. The van der Waals surface area contributed by atoms with Crippen LogP contribution >= 0.6 is 0 Å². The normalized spacial score (nSPS) is 11.0. The molecule has 0 N–H and O–H groups in total. The van der Waals surface area contributed by atoms with Crippen molar-refractivity contribution in [1.29, 1.82) is 0 Å². The molecule has 0 unspecified atom stereocenters. The maximum Gasteiger partial charge on any atom is 0.387 e. The second-order valence-corrected chi connectivity index (χ2v) is 6.05. The molecule has 0 bridgehead atoms. The summed E-state index contributed by atoms with van der Waals surface area (Å²) in [7, 11) is 1.76. The van der Waals surface area contributed by atoms with Gasteiger partial charge in [-0.25, -0.2) is 0 Å². The summed E-state index contributed by atoms with van der Waals surface area (Å²) in [5.41, 5.74) is 2.89. The Labute approximate surface area is 154 Å². The maximum absolute atomic E-state index is 12.5. The van der Waals surface area contributed by atoms with Gasteiger partial charge in [-0.3, -0.25) is 9.48 Å². The molecule has 0 spiro atoms. The molecule has 2 aromatic heterocycles. The standard InChI is InChI=1S/C19H19F2N3O3/c1-12-8-17(18(25)11-26-16-9-22-23(3)10-16)13(2)24(12)14-4-6-15(7-5-14)27-19(20)21/h4-10,19H,11H2,1-3H3. The molecule has 27 heavy (non-hydrogen) atoms. The Bertz CT molecular complexity index is 946. The zero-order valence-corrected chi connectivity index (χ0v) is 15.1. The number of alkyl halides is 2. The third-order valence-corrected chi connectivity index (χ3v) is 4.10. The molecule has 0 amide bonds. The van der Waals surface area contributed by atoms with E-state index in [0.29, 0.717) is 11.3 Å². The number of aryl methyl sites for hydroxylation is 2. The maximum atomic E-state index is 12.5. The van der Waals surface area contributed by atoms with Gasteiger partial charge in [0.2, 0.25) is 5.78 Å². The topological polar surface area (TPSA) is 58.3 Å². The number of benzene rings is 1. The molecule has 3 aromatic rings. The molecule has 0 atom stereocenters. The number of hydrogen-bond acceptors (Lipinski definition) is 4. The van der Waals surface area contributed by atoms with Crippen LogP contribution in [-0.4, -0.2) is 33.3 Å². The molecule has 0 aliphatic carbocycles. The smallest absolute Gasteiger partial charge is 0.387 e. The SMILES string of the molecule is Cc1cc(C(=O)COc2cnn(C)c2)c(C)n1-c1ccc(OC(F)F)cc1. The molecule has 1 aromatic carbocycles. The zero-order chi connectivity index (χ0) is 19.6. The van der Waals surface area contributed by atoms with Crippen LogP contribution < -0.4 is 9.47 Å². The van der Waals surface area contributed by atoms with Crippen LogP contribution in [0.15, 0.2) is 42.7 Å². The average Bonchev–Trinajstić information content (AvgIpc) is 3.16. The van der Waals surface area contributed by atoms with Crippen LogP contribution in [0.1, 0.15) is 21.7 Å². The molecule has 142 valence electrons. The molecule has 3 rings (SSSR count). The third-order valence-electron chi connectivity index (χ3n) is 4.10. The van der Waals surface area contributed by atoms with Crippen molar-refractivity contribution in [3.05, 3.63) is 59.7 Å². The molecular formula is C19H19F2N3O3. The monoisotopic (exact) mass is 375 g/mol. The molecule has 0 saturated heterocycles. The second-order valence-electron chi connectivity index (χ2n) is 6.05. The summed E-state index contributed by atoms with van der Waals surface area (Å²) in [6.45, 7) is 0.732.